The second-order valence-corrected chi connectivity index (χ2v) is 14.4. The fourth-order valence-corrected chi connectivity index (χ4v) is 8.51. The summed E-state index contributed by atoms with van der Waals surface area (Å²) in [7, 11) is 0. The van der Waals surface area contributed by atoms with E-state index in [-0.39, 0.29) is 30.1 Å². The topological polar surface area (TPSA) is 116 Å². The van der Waals surface area contributed by atoms with E-state index in [1.54, 1.807) is 4.90 Å². The van der Waals surface area contributed by atoms with Crippen LogP contribution in [0.3, 0.4) is 0 Å². The lowest BCUT2D eigenvalue weighted by Crippen LogP contribution is -2.55. The van der Waals surface area contributed by atoms with Crippen LogP contribution in [-0.2, 0) is 22.5 Å². The molecule has 12 nitrogen and oxygen atoms in total. The largest absolute Gasteiger partial charge is 0.461 e. The molecular weight excluding hydrogens is 618 g/mol. The van der Waals surface area contributed by atoms with Gasteiger partial charge in [-0.2, -0.15) is 20.3 Å². The second kappa shape index (κ2) is 13.2. The molecule has 1 saturated carbocycles. The summed E-state index contributed by atoms with van der Waals surface area (Å²) in [4.78, 5) is 31.9. The van der Waals surface area contributed by atoms with Gasteiger partial charge in [0.2, 0.25) is 5.91 Å². The maximum Gasteiger partial charge on any atom is 0.318 e. The van der Waals surface area contributed by atoms with Gasteiger partial charge in [0.1, 0.15) is 12.4 Å². The molecule has 8 rings (SSSR count). The van der Waals surface area contributed by atoms with Crippen LogP contribution in [0.15, 0.2) is 31.0 Å². The molecule has 12 heteroatoms. The average Bonchev–Trinajstić information content (AvgIpc) is 3.49. The average molecular weight is 666 g/mol. The summed E-state index contributed by atoms with van der Waals surface area (Å²) in [5.74, 6) is 0.736. The molecule has 0 N–H and O–H groups in total. The zero-order valence-electron chi connectivity index (χ0n) is 28.6. The van der Waals surface area contributed by atoms with Crippen LogP contribution in [0.5, 0.6) is 6.01 Å². The maximum absolute atomic E-state index is 12.7. The molecule has 3 aromatic rings. The van der Waals surface area contributed by atoms with E-state index in [1.165, 1.54) is 30.2 Å². The lowest BCUT2D eigenvalue weighted by Gasteiger charge is -2.42. The highest BCUT2D eigenvalue weighted by Gasteiger charge is 2.49. The quantitative estimate of drug-likeness (QED) is 0.302. The van der Waals surface area contributed by atoms with Gasteiger partial charge in [0, 0.05) is 43.7 Å². The third-order valence-electron chi connectivity index (χ3n) is 11.4. The van der Waals surface area contributed by atoms with E-state index < -0.39 is 0 Å². The number of fused-ring (bicyclic) bond motifs is 2. The molecule has 258 valence electrons. The van der Waals surface area contributed by atoms with Crippen molar-refractivity contribution < 1.29 is 14.3 Å². The van der Waals surface area contributed by atoms with Gasteiger partial charge in [0.15, 0.2) is 6.23 Å². The number of carbonyl (C=O) groups is 1. The van der Waals surface area contributed by atoms with Crippen molar-refractivity contribution in [3.05, 3.63) is 47.8 Å². The molecule has 49 heavy (non-hydrogen) atoms. The highest BCUT2D eigenvalue weighted by Crippen LogP contribution is 2.44. The molecule has 3 saturated heterocycles. The summed E-state index contributed by atoms with van der Waals surface area (Å²) in [5.41, 5.74) is 5.68. The molecule has 1 aromatic carbocycles. The van der Waals surface area contributed by atoms with E-state index in [1.807, 2.05) is 6.20 Å². The molecule has 0 radical (unpaired) electrons. The summed E-state index contributed by atoms with van der Waals surface area (Å²) in [5, 5.41) is 15.6. The number of carbonyl (C=O) groups excluding carboxylic acids is 1. The van der Waals surface area contributed by atoms with E-state index in [2.05, 4.69) is 51.1 Å². The Hall–Kier alpha value is -4.21. The zero-order chi connectivity index (χ0) is 33.5. The first-order chi connectivity index (χ1) is 24.0. The summed E-state index contributed by atoms with van der Waals surface area (Å²) in [6.45, 7) is 12.6. The van der Waals surface area contributed by atoms with Crippen molar-refractivity contribution >= 4 is 28.3 Å². The normalized spacial score (nSPS) is 23.7. The number of aryl methyl sites for hydroxylation is 1. The Balaban J connectivity index is 1.12. The minimum atomic E-state index is -0.242. The third-order valence-corrected chi connectivity index (χ3v) is 11.4. The Morgan fingerprint density at radius 1 is 1.12 bits per heavy atom. The number of ether oxygens (including phenoxy) is 2. The molecule has 0 spiro atoms. The summed E-state index contributed by atoms with van der Waals surface area (Å²) in [6.07, 6.45) is 12.4. The number of nitriles is 1. The van der Waals surface area contributed by atoms with Crippen LogP contribution < -0.4 is 14.5 Å². The Morgan fingerprint density at radius 2 is 1.98 bits per heavy atom. The van der Waals surface area contributed by atoms with E-state index in [0.29, 0.717) is 38.8 Å². The van der Waals surface area contributed by atoms with E-state index in [9.17, 15) is 10.1 Å². The molecule has 0 bridgehead atoms. The molecular formula is C37H47N9O3. The lowest BCUT2D eigenvalue weighted by molar-refractivity contribution is -0.128. The minimum Gasteiger partial charge on any atom is -0.461 e. The predicted octanol–water partition coefficient (Wildman–Crippen LogP) is 4.52. The monoisotopic (exact) mass is 665 g/mol. The van der Waals surface area contributed by atoms with Crippen LogP contribution in [0.4, 0.5) is 11.5 Å². The Labute approximate surface area is 288 Å². The van der Waals surface area contributed by atoms with Crippen LogP contribution in [0.1, 0.15) is 74.4 Å². The van der Waals surface area contributed by atoms with Crippen molar-refractivity contribution in [2.45, 2.75) is 89.1 Å². The molecule has 2 atom stereocenters. The van der Waals surface area contributed by atoms with E-state index in [0.717, 1.165) is 92.7 Å². The van der Waals surface area contributed by atoms with Gasteiger partial charge in [-0.15, -0.1) is 0 Å². The highest BCUT2D eigenvalue weighted by atomic mass is 16.5. The van der Waals surface area contributed by atoms with Crippen molar-refractivity contribution in [2.24, 2.45) is 0 Å². The van der Waals surface area contributed by atoms with Crippen LogP contribution in [0.25, 0.3) is 10.9 Å². The van der Waals surface area contributed by atoms with Gasteiger partial charge in [0.25, 0.3) is 0 Å². The molecule has 6 heterocycles. The minimum absolute atomic E-state index is 0.0266. The van der Waals surface area contributed by atoms with Gasteiger partial charge >= 0.3 is 6.01 Å². The van der Waals surface area contributed by atoms with Crippen molar-refractivity contribution in [3.63, 3.8) is 0 Å². The first kappa shape index (κ1) is 32.0. The number of piperazine rings is 1. The fourth-order valence-electron chi connectivity index (χ4n) is 8.51. The molecule has 4 aliphatic heterocycles. The lowest BCUT2D eigenvalue weighted by atomic mass is 10.0. The first-order valence-corrected chi connectivity index (χ1v) is 18.1. The number of rotatable bonds is 9. The van der Waals surface area contributed by atoms with Gasteiger partial charge < -0.3 is 24.2 Å². The number of hydrogen-bond donors (Lipinski definition) is 0. The molecule has 1 aliphatic carbocycles. The maximum atomic E-state index is 12.7. The van der Waals surface area contributed by atoms with Crippen molar-refractivity contribution in [1.82, 2.24) is 29.5 Å². The Morgan fingerprint density at radius 3 is 2.73 bits per heavy atom. The number of nitrogens with zero attached hydrogens (tertiary/aromatic N) is 9. The SMILES string of the molecule is C=CC(=O)N1CCN(c2nc(OCC3(N4CCCC4)CC3)nc3c2CCN(c2c(C)ccc4c2cnn4C2CCCCO2)C3)C[C@@H]1CC#N. The summed E-state index contributed by atoms with van der Waals surface area (Å²) in [6, 6.07) is 6.83. The second-order valence-electron chi connectivity index (χ2n) is 14.4. The van der Waals surface area contributed by atoms with Gasteiger partial charge in [-0.1, -0.05) is 12.6 Å². The number of likely N-dealkylation sites (tertiary alicyclic amines) is 1. The molecule has 4 fully saturated rings. The molecule has 1 amide bonds. The molecule has 5 aliphatic rings. The first-order valence-electron chi connectivity index (χ1n) is 18.1. The van der Waals surface area contributed by atoms with Crippen molar-refractivity contribution in [2.75, 3.05) is 62.3 Å². The van der Waals surface area contributed by atoms with Gasteiger partial charge in [-0.25, -0.2) is 4.68 Å². The fraction of sp³-hybridized carbons (Fsp3) is 0.595. The Kier molecular flexibility index (Phi) is 8.66. The van der Waals surface area contributed by atoms with Crippen molar-refractivity contribution in [1.29, 1.82) is 5.26 Å². The van der Waals surface area contributed by atoms with Gasteiger partial charge in [0.05, 0.1) is 53.7 Å². The third kappa shape index (κ3) is 6.01. The van der Waals surface area contributed by atoms with Crippen LogP contribution in [0.2, 0.25) is 0 Å². The van der Waals surface area contributed by atoms with Crippen LogP contribution >= 0.6 is 0 Å². The van der Waals surface area contributed by atoms with Crippen molar-refractivity contribution in [3.8, 4) is 12.1 Å². The number of hydrogen-bond acceptors (Lipinski definition) is 10. The standard InChI is InChI=1S/C37H47N9O3/c1-3-32(47)45-20-19-43(23-27(45)11-15-38)35-28-12-18-42(24-30(28)40-36(41-35)49-25-37(13-14-37)44-16-5-6-17-44)34-26(2)9-10-31-29(34)22-39-46(31)33-8-4-7-21-48-33/h3,9-10,22,27,33H,1,4-8,11-14,16-21,23-25H2,2H3/t27-,33?/m0/s1. The zero-order valence-corrected chi connectivity index (χ0v) is 28.6. The van der Waals surface area contributed by atoms with E-state index >= 15 is 0 Å². The number of anilines is 2. The van der Waals surface area contributed by atoms with Crippen LogP contribution in [-0.4, -0.2) is 99.5 Å². The smallest absolute Gasteiger partial charge is 0.318 e. The Bertz CT molecular complexity index is 1770. The molecule has 1 unspecified atom stereocenters. The number of benzene rings is 1. The molecule has 2 aromatic heterocycles. The highest BCUT2D eigenvalue weighted by molar-refractivity contribution is 5.94. The summed E-state index contributed by atoms with van der Waals surface area (Å²) >= 11 is 0. The number of amides is 1. The van der Waals surface area contributed by atoms with Gasteiger partial charge in [-0.3, -0.25) is 9.69 Å². The van der Waals surface area contributed by atoms with Gasteiger partial charge in [-0.05, 0) is 89.1 Å². The predicted molar refractivity (Wildman–Crippen MR) is 187 cm³/mol. The summed E-state index contributed by atoms with van der Waals surface area (Å²) < 4.78 is 14.7. The van der Waals surface area contributed by atoms with E-state index in [4.69, 9.17) is 24.5 Å². The number of aromatic nitrogens is 4. The van der Waals surface area contributed by atoms with Crippen LogP contribution in [0, 0.1) is 18.3 Å².